The molecule has 0 aliphatic carbocycles. The highest BCUT2D eigenvalue weighted by Crippen LogP contribution is 2.00. The topological polar surface area (TPSA) is 60.9 Å². The van der Waals surface area contributed by atoms with Gasteiger partial charge in [0.25, 0.3) is 5.56 Å². The Labute approximate surface area is 80.0 Å². The summed E-state index contributed by atoms with van der Waals surface area (Å²) in [4.78, 5) is 15.4. The van der Waals surface area contributed by atoms with Crippen LogP contribution in [0.5, 0.6) is 0 Å². The largest absolute Gasteiger partial charge is 0.449 e. The first kappa shape index (κ1) is 8.68. The van der Waals surface area contributed by atoms with E-state index in [9.17, 15) is 4.79 Å². The second-order valence-electron chi connectivity index (χ2n) is 2.88. The minimum absolute atomic E-state index is 0.145. The van der Waals surface area contributed by atoms with Crippen molar-refractivity contribution in [3.63, 3.8) is 0 Å². The molecule has 0 saturated carbocycles. The second kappa shape index (κ2) is 3.45. The van der Waals surface area contributed by atoms with Crippen molar-refractivity contribution in [3.05, 3.63) is 46.5 Å². The monoisotopic (exact) mass is 191 g/mol. The number of hydrogen-bond acceptors (Lipinski definition) is 4. The Kier molecular flexibility index (Phi) is 2.14. The highest BCUT2D eigenvalue weighted by atomic mass is 16.3. The fourth-order valence-corrected chi connectivity index (χ4v) is 1.14. The van der Waals surface area contributed by atoms with Gasteiger partial charge in [0.15, 0.2) is 5.89 Å². The molecule has 2 heterocycles. The molecule has 72 valence electrons. The van der Waals surface area contributed by atoms with Gasteiger partial charge in [0.1, 0.15) is 12.0 Å². The second-order valence-corrected chi connectivity index (χ2v) is 2.88. The van der Waals surface area contributed by atoms with Gasteiger partial charge in [-0.3, -0.25) is 4.79 Å². The molecule has 0 N–H and O–H groups in total. The van der Waals surface area contributed by atoms with Crippen molar-refractivity contribution in [2.75, 3.05) is 0 Å². The number of nitrogens with zero attached hydrogens (tertiary/aromatic N) is 3. The minimum atomic E-state index is -0.145. The lowest BCUT2D eigenvalue weighted by Crippen LogP contribution is -2.21. The predicted octanol–water partition coefficient (Wildman–Crippen LogP) is 0.588. The van der Waals surface area contributed by atoms with E-state index in [1.807, 2.05) is 0 Å². The van der Waals surface area contributed by atoms with E-state index in [1.165, 1.54) is 17.0 Å². The summed E-state index contributed by atoms with van der Waals surface area (Å²) in [6.07, 6.45) is 3.09. The first-order chi connectivity index (χ1) is 6.75. The summed E-state index contributed by atoms with van der Waals surface area (Å²) in [5.74, 6) is 0.587. The molecule has 0 unspecified atom stereocenters. The maximum atomic E-state index is 11.3. The maximum Gasteiger partial charge on any atom is 0.267 e. The molecule has 2 aromatic rings. The van der Waals surface area contributed by atoms with E-state index in [4.69, 9.17) is 4.42 Å². The van der Waals surface area contributed by atoms with Crippen molar-refractivity contribution in [3.8, 4) is 0 Å². The first-order valence-electron chi connectivity index (χ1n) is 4.19. The Morgan fingerprint density at radius 2 is 2.43 bits per heavy atom. The standard InChI is InChI=1S/C9H9N3O2/c1-7-11-8(6-14-7)5-12-9(13)3-2-4-10-12/h2-4,6H,5H2,1H3. The van der Waals surface area contributed by atoms with Crippen LogP contribution in [0.1, 0.15) is 11.6 Å². The van der Waals surface area contributed by atoms with Crippen LogP contribution in [0, 0.1) is 6.92 Å². The third kappa shape index (κ3) is 1.71. The number of hydrogen-bond donors (Lipinski definition) is 0. The average molecular weight is 191 g/mol. The summed E-state index contributed by atoms with van der Waals surface area (Å²) in [7, 11) is 0. The lowest BCUT2D eigenvalue weighted by Gasteiger charge is -1.98. The highest BCUT2D eigenvalue weighted by Gasteiger charge is 2.02. The van der Waals surface area contributed by atoms with Crippen LogP contribution in [-0.2, 0) is 6.54 Å². The molecule has 0 aliphatic rings. The van der Waals surface area contributed by atoms with Crippen LogP contribution in [0.3, 0.4) is 0 Å². The number of rotatable bonds is 2. The van der Waals surface area contributed by atoms with E-state index in [-0.39, 0.29) is 5.56 Å². The van der Waals surface area contributed by atoms with E-state index < -0.39 is 0 Å². The van der Waals surface area contributed by atoms with Gasteiger partial charge in [-0.15, -0.1) is 0 Å². The van der Waals surface area contributed by atoms with Crippen LogP contribution in [0.2, 0.25) is 0 Å². The molecular weight excluding hydrogens is 182 g/mol. The first-order valence-corrected chi connectivity index (χ1v) is 4.19. The molecule has 2 rings (SSSR count). The van der Waals surface area contributed by atoms with Crippen molar-refractivity contribution >= 4 is 0 Å². The number of aryl methyl sites for hydroxylation is 1. The maximum absolute atomic E-state index is 11.3. The molecule has 0 atom stereocenters. The molecule has 0 bridgehead atoms. The van der Waals surface area contributed by atoms with Crippen molar-refractivity contribution in [1.29, 1.82) is 0 Å². The molecule has 14 heavy (non-hydrogen) atoms. The van der Waals surface area contributed by atoms with Gasteiger partial charge >= 0.3 is 0 Å². The van der Waals surface area contributed by atoms with E-state index in [1.54, 1.807) is 19.2 Å². The van der Waals surface area contributed by atoms with Gasteiger partial charge in [-0.2, -0.15) is 5.10 Å². The van der Waals surface area contributed by atoms with Gasteiger partial charge in [-0.1, -0.05) is 0 Å². The van der Waals surface area contributed by atoms with Crippen molar-refractivity contribution in [1.82, 2.24) is 14.8 Å². The van der Waals surface area contributed by atoms with Crippen molar-refractivity contribution in [2.24, 2.45) is 0 Å². The molecule has 5 heteroatoms. The zero-order chi connectivity index (χ0) is 9.97. The van der Waals surface area contributed by atoms with Gasteiger partial charge in [0, 0.05) is 19.2 Å². The van der Waals surface area contributed by atoms with E-state index in [0.717, 1.165) is 0 Å². The molecule has 2 aromatic heterocycles. The average Bonchev–Trinajstić information content (AvgIpc) is 2.56. The van der Waals surface area contributed by atoms with Crippen LogP contribution in [0.25, 0.3) is 0 Å². The molecule has 5 nitrogen and oxygen atoms in total. The SMILES string of the molecule is Cc1nc(Cn2ncccc2=O)co1. The lowest BCUT2D eigenvalue weighted by molar-refractivity contribution is 0.519. The molecule has 0 aliphatic heterocycles. The van der Waals surface area contributed by atoms with Gasteiger partial charge in [0.05, 0.1) is 6.54 Å². The Bertz CT molecular complexity index is 487. The van der Waals surface area contributed by atoms with E-state index in [2.05, 4.69) is 10.1 Å². The fraction of sp³-hybridized carbons (Fsp3) is 0.222. The molecule has 0 saturated heterocycles. The van der Waals surface area contributed by atoms with Gasteiger partial charge in [-0.05, 0) is 6.07 Å². The van der Waals surface area contributed by atoms with E-state index >= 15 is 0 Å². The van der Waals surface area contributed by atoms with Crippen LogP contribution >= 0.6 is 0 Å². The number of aromatic nitrogens is 3. The zero-order valence-corrected chi connectivity index (χ0v) is 7.67. The summed E-state index contributed by atoms with van der Waals surface area (Å²) in [6.45, 7) is 2.10. The van der Waals surface area contributed by atoms with Gasteiger partial charge < -0.3 is 4.42 Å². The highest BCUT2D eigenvalue weighted by molar-refractivity contribution is 4.96. The molecule has 0 radical (unpaired) electrons. The molecule has 0 spiro atoms. The van der Waals surface area contributed by atoms with Crippen LogP contribution in [0.15, 0.2) is 33.8 Å². The minimum Gasteiger partial charge on any atom is -0.449 e. The third-order valence-electron chi connectivity index (χ3n) is 1.76. The third-order valence-corrected chi connectivity index (χ3v) is 1.76. The Morgan fingerprint density at radius 3 is 3.07 bits per heavy atom. The lowest BCUT2D eigenvalue weighted by atomic mass is 10.5. The van der Waals surface area contributed by atoms with Crippen LogP contribution in [0.4, 0.5) is 0 Å². The summed E-state index contributed by atoms with van der Waals surface area (Å²) in [5, 5.41) is 3.91. The predicted molar refractivity (Wildman–Crippen MR) is 48.8 cm³/mol. The quantitative estimate of drug-likeness (QED) is 0.696. The van der Waals surface area contributed by atoms with Crippen LogP contribution < -0.4 is 5.56 Å². The normalized spacial score (nSPS) is 10.4. The molecule has 0 amide bonds. The Hall–Kier alpha value is -1.91. The smallest absolute Gasteiger partial charge is 0.267 e. The summed E-state index contributed by atoms with van der Waals surface area (Å²) in [6, 6.07) is 3.06. The van der Waals surface area contributed by atoms with Gasteiger partial charge in [0.2, 0.25) is 0 Å². The van der Waals surface area contributed by atoms with Gasteiger partial charge in [-0.25, -0.2) is 9.67 Å². The van der Waals surface area contributed by atoms with Crippen LogP contribution in [-0.4, -0.2) is 14.8 Å². The van der Waals surface area contributed by atoms with E-state index in [0.29, 0.717) is 18.1 Å². The summed E-state index contributed by atoms with van der Waals surface area (Å²) >= 11 is 0. The van der Waals surface area contributed by atoms with Crippen molar-refractivity contribution < 1.29 is 4.42 Å². The Balaban J connectivity index is 2.27. The van der Waals surface area contributed by atoms with Crippen molar-refractivity contribution in [2.45, 2.75) is 13.5 Å². The Morgan fingerprint density at radius 1 is 1.57 bits per heavy atom. The summed E-state index contributed by atoms with van der Waals surface area (Å²) < 4.78 is 6.35. The fourth-order valence-electron chi connectivity index (χ4n) is 1.14. The molecule has 0 aromatic carbocycles. The molecule has 0 fully saturated rings. The molecular formula is C9H9N3O2. The number of oxazole rings is 1. The summed E-state index contributed by atoms with van der Waals surface area (Å²) in [5.41, 5.74) is 0.552. The zero-order valence-electron chi connectivity index (χ0n) is 7.67.